The molecule has 3 N–H and O–H groups in total. The number of likely N-dealkylation sites (N-methyl/N-ethyl adjacent to an activating group) is 1. The maximum absolute atomic E-state index is 12.1. The van der Waals surface area contributed by atoms with E-state index in [1.165, 1.54) is 11.9 Å². The van der Waals surface area contributed by atoms with Crippen LogP contribution >= 0.6 is 0 Å². The van der Waals surface area contributed by atoms with Crippen LogP contribution < -0.4 is 20.3 Å². The van der Waals surface area contributed by atoms with Crippen molar-refractivity contribution in [3.05, 3.63) is 24.3 Å². The van der Waals surface area contributed by atoms with Gasteiger partial charge in [0.15, 0.2) is 0 Å². The minimum atomic E-state index is -1.16. The summed E-state index contributed by atoms with van der Waals surface area (Å²) >= 11 is 0. The van der Waals surface area contributed by atoms with E-state index in [9.17, 15) is 14.4 Å². The smallest absolute Gasteiger partial charge is 0.346 e. The third-order valence-corrected chi connectivity index (χ3v) is 2.97. The third kappa shape index (κ3) is 3.22. The van der Waals surface area contributed by atoms with Crippen molar-refractivity contribution < 1.29 is 24.2 Å². The zero-order chi connectivity index (χ0) is 15.4. The summed E-state index contributed by atoms with van der Waals surface area (Å²) in [5.41, 5.74) is 0.462. The number of aliphatic carboxylic acids is 1. The molecule has 0 fully saturated rings. The summed E-state index contributed by atoms with van der Waals surface area (Å²) in [6, 6.07) is 6.07. The van der Waals surface area contributed by atoms with Gasteiger partial charge >= 0.3 is 12.0 Å². The number of para-hydroxylation sites is 2. The first-order valence-corrected chi connectivity index (χ1v) is 6.27. The first-order chi connectivity index (χ1) is 10.0. The maximum Gasteiger partial charge on any atom is 0.346 e. The zero-order valence-electron chi connectivity index (χ0n) is 11.3. The van der Waals surface area contributed by atoms with E-state index < -0.39 is 18.1 Å². The van der Waals surface area contributed by atoms with E-state index >= 15 is 0 Å². The average Bonchev–Trinajstić information content (AvgIpc) is 2.50. The Kier molecular flexibility index (Phi) is 4.27. The zero-order valence-corrected chi connectivity index (χ0v) is 11.3. The summed E-state index contributed by atoms with van der Waals surface area (Å²) in [6.07, 6.45) is -1.15. The van der Waals surface area contributed by atoms with E-state index in [0.717, 1.165) is 0 Å². The minimum absolute atomic E-state index is 0.133. The van der Waals surface area contributed by atoms with Crippen molar-refractivity contribution in [1.29, 1.82) is 0 Å². The van der Waals surface area contributed by atoms with Crippen LogP contribution in [0.15, 0.2) is 24.3 Å². The van der Waals surface area contributed by atoms with Gasteiger partial charge in [0.25, 0.3) is 0 Å². The molecule has 0 saturated carbocycles. The van der Waals surface area contributed by atoms with Crippen LogP contribution in [-0.2, 0) is 9.59 Å². The molecule has 1 heterocycles. The number of anilines is 1. The molecule has 1 atom stereocenters. The highest BCUT2D eigenvalue weighted by molar-refractivity contribution is 5.97. The fourth-order valence-corrected chi connectivity index (χ4v) is 1.90. The Morgan fingerprint density at radius 3 is 2.76 bits per heavy atom. The van der Waals surface area contributed by atoms with Gasteiger partial charge in [0.05, 0.1) is 18.8 Å². The highest BCUT2D eigenvalue weighted by Gasteiger charge is 2.33. The second-order valence-corrected chi connectivity index (χ2v) is 4.35. The van der Waals surface area contributed by atoms with Gasteiger partial charge in [-0.05, 0) is 12.1 Å². The van der Waals surface area contributed by atoms with Crippen LogP contribution in [0.2, 0.25) is 0 Å². The van der Waals surface area contributed by atoms with Crippen LogP contribution in [0.25, 0.3) is 0 Å². The molecule has 8 heteroatoms. The number of ether oxygens (including phenoxy) is 1. The Morgan fingerprint density at radius 1 is 1.38 bits per heavy atom. The lowest BCUT2D eigenvalue weighted by Crippen LogP contribution is -2.51. The first kappa shape index (κ1) is 14.6. The van der Waals surface area contributed by atoms with Crippen LogP contribution in [0.3, 0.4) is 0 Å². The predicted molar refractivity (Wildman–Crippen MR) is 73.3 cm³/mol. The lowest BCUT2D eigenvalue weighted by molar-refractivity contribution is -0.144. The minimum Gasteiger partial charge on any atom is -0.478 e. The molecule has 1 aromatic rings. The molecule has 0 saturated heterocycles. The number of hydrogen-bond donors (Lipinski definition) is 3. The highest BCUT2D eigenvalue weighted by atomic mass is 16.5. The molecule has 112 valence electrons. The Hall–Kier alpha value is -2.77. The maximum atomic E-state index is 12.1. The normalized spacial score (nSPS) is 16.4. The van der Waals surface area contributed by atoms with Crippen molar-refractivity contribution in [3.8, 4) is 5.75 Å². The van der Waals surface area contributed by atoms with Crippen LogP contribution in [0.5, 0.6) is 5.75 Å². The summed E-state index contributed by atoms with van der Waals surface area (Å²) in [5.74, 6) is -1.19. The number of carbonyl (C=O) groups excluding carboxylic acids is 2. The molecule has 1 aliphatic heterocycles. The summed E-state index contributed by atoms with van der Waals surface area (Å²) < 4.78 is 5.32. The largest absolute Gasteiger partial charge is 0.478 e. The number of amides is 3. The molecule has 0 spiro atoms. The molecule has 3 amide bonds. The quantitative estimate of drug-likeness (QED) is 0.715. The fraction of sp³-hybridized carbons (Fsp3) is 0.308. The number of nitrogens with zero attached hydrogens (tertiary/aromatic N) is 1. The van der Waals surface area contributed by atoms with E-state index in [1.807, 2.05) is 0 Å². The summed E-state index contributed by atoms with van der Waals surface area (Å²) in [7, 11) is 1.46. The number of nitrogens with one attached hydrogen (secondary N) is 2. The Bertz CT molecular complexity index is 575. The van der Waals surface area contributed by atoms with E-state index in [2.05, 4.69) is 10.6 Å². The van der Waals surface area contributed by atoms with E-state index in [0.29, 0.717) is 11.4 Å². The summed E-state index contributed by atoms with van der Waals surface area (Å²) in [6.45, 7) is -0.321. The van der Waals surface area contributed by atoms with Crippen molar-refractivity contribution in [1.82, 2.24) is 10.6 Å². The molecule has 0 aromatic heterocycles. The second kappa shape index (κ2) is 6.12. The molecular weight excluding hydrogens is 278 g/mol. The molecule has 0 bridgehead atoms. The predicted octanol–water partition coefficient (Wildman–Crippen LogP) is -0.206. The molecule has 21 heavy (non-hydrogen) atoms. The topological polar surface area (TPSA) is 108 Å². The van der Waals surface area contributed by atoms with Crippen LogP contribution in [0, 0.1) is 0 Å². The van der Waals surface area contributed by atoms with Gasteiger partial charge in [0.1, 0.15) is 5.75 Å². The fourth-order valence-electron chi connectivity index (χ4n) is 1.90. The Labute approximate surface area is 120 Å². The van der Waals surface area contributed by atoms with Crippen LogP contribution in [-0.4, -0.2) is 49.3 Å². The lowest BCUT2D eigenvalue weighted by Gasteiger charge is -2.32. The summed E-state index contributed by atoms with van der Waals surface area (Å²) in [4.78, 5) is 35.6. The Balaban J connectivity index is 2.19. The Morgan fingerprint density at radius 2 is 2.10 bits per heavy atom. The highest BCUT2D eigenvalue weighted by Crippen LogP contribution is 2.33. The number of urea groups is 1. The number of carboxylic acid groups (broad SMARTS) is 1. The SMILES string of the molecule is CNC(=O)CNC(=O)N1CC(C(=O)O)Oc2ccccc21. The molecule has 0 radical (unpaired) electrons. The van der Waals surface area contributed by atoms with E-state index in [4.69, 9.17) is 9.84 Å². The third-order valence-electron chi connectivity index (χ3n) is 2.97. The molecule has 1 unspecified atom stereocenters. The molecular formula is C13H15N3O5. The van der Waals surface area contributed by atoms with E-state index in [-0.39, 0.29) is 19.0 Å². The van der Waals surface area contributed by atoms with Crippen molar-refractivity contribution in [3.63, 3.8) is 0 Å². The molecule has 0 aliphatic carbocycles. The van der Waals surface area contributed by atoms with Crippen molar-refractivity contribution >= 4 is 23.6 Å². The van der Waals surface area contributed by atoms with Crippen LogP contribution in [0.4, 0.5) is 10.5 Å². The van der Waals surface area contributed by atoms with Crippen molar-refractivity contribution in [2.45, 2.75) is 6.10 Å². The molecule has 8 nitrogen and oxygen atoms in total. The van der Waals surface area contributed by atoms with Crippen LogP contribution in [0.1, 0.15) is 0 Å². The first-order valence-electron chi connectivity index (χ1n) is 6.27. The number of rotatable bonds is 3. The van der Waals surface area contributed by atoms with Gasteiger partial charge in [0.2, 0.25) is 12.0 Å². The van der Waals surface area contributed by atoms with Gasteiger partial charge in [0, 0.05) is 7.05 Å². The monoisotopic (exact) mass is 293 g/mol. The second-order valence-electron chi connectivity index (χ2n) is 4.35. The number of carbonyl (C=O) groups is 3. The number of hydrogen-bond acceptors (Lipinski definition) is 4. The summed E-state index contributed by atoms with van der Waals surface area (Å²) in [5, 5.41) is 13.9. The molecule has 2 rings (SSSR count). The number of carboxylic acids is 1. The lowest BCUT2D eigenvalue weighted by atomic mass is 10.2. The number of benzene rings is 1. The molecule has 1 aromatic carbocycles. The van der Waals surface area contributed by atoms with Gasteiger partial charge in [-0.2, -0.15) is 0 Å². The van der Waals surface area contributed by atoms with E-state index in [1.54, 1.807) is 24.3 Å². The average molecular weight is 293 g/mol. The van der Waals surface area contributed by atoms with Gasteiger partial charge in [-0.25, -0.2) is 9.59 Å². The molecule has 1 aliphatic rings. The van der Waals surface area contributed by atoms with Gasteiger partial charge < -0.3 is 20.5 Å². The van der Waals surface area contributed by atoms with Crippen molar-refractivity contribution in [2.75, 3.05) is 25.0 Å². The van der Waals surface area contributed by atoms with Gasteiger partial charge in [-0.3, -0.25) is 9.69 Å². The van der Waals surface area contributed by atoms with Gasteiger partial charge in [-0.1, -0.05) is 12.1 Å². The number of fused-ring (bicyclic) bond motifs is 1. The van der Waals surface area contributed by atoms with Crippen molar-refractivity contribution in [2.24, 2.45) is 0 Å². The van der Waals surface area contributed by atoms with Gasteiger partial charge in [-0.15, -0.1) is 0 Å². The standard InChI is InChI=1S/C13H15N3O5/c1-14-11(17)6-15-13(20)16-7-10(12(18)19)21-9-5-3-2-4-8(9)16/h2-5,10H,6-7H2,1H3,(H,14,17)(H,15,20)(H,18,19).